The van der Waals surface area contributed by atoms with Crippen LogP contribution in [0.15, 0.2) is 24.3 Å². The van der Waals surface area contributed by atoms with E-state index in [4.69, 9.17) is 10.4 Å². The van der Waals surface area contributed by atoms with E-state index in [1.54, 1.807) is 0 Å². The highest BCUT2D eigenvalue weighted by atomic mass is 16.2. The van der Waals surface area contributed by atoms with Gasteiger partial charge in [0.1, 0.15) is 6.61 Å². The van der Waals surface area contributed by atoms with Gasteiger partial charge in [-0.3, -0.25) is 0 Å². The zero-order valence-corrected chi connectivity index (χ0v) is 9.98. The van der Waals surface area contributed by atoms with Gasteiger partial charge in [-0.1, -0.05) is 30.0 Å². The molecule has 1 aromatic rings. The van der Waals surface area contributed by atoms with E-state index < -0.39 is 0 Å². The SMILES string of the molecule is CN(CCC#N)Cc1ccccc1C#CCO. The van der Waals surface area contributed by atoms with Crippen LogP contribution in [0.4, 0.5) is 0 Å². The molecular weight excluding hydrogens is 212 g/mol. The molecule has 3 heteroatoms. The second kappa shape index (κ2) is 7.46. The lowest BCUT2D eigenvalue weighted by molar-refractivity contribution is 0.334. The van der Waals surface area contributed by atoms with Gasteiger partial charge in [0.15, 0.2) is 0 Å². The first-order valence-electron chi connectivity index (χ1n) is 5.51. The Hall–Kier alpha value is -1.81. The molecule has 0 saturated carbocycles. The predicted octanol–water partition coefficient (Wildman–Crippen LogP) is 1.38. The van der Waals surface area contributed by atoms with Crippen molar-refractivity contribution < 1.29 is 5.11 Å². The van der Waals surface area contributed by atoms with E-state index in [1.807, 2.05) is 31.3 Å². The Labute approximate surface area is 102 Å². The van der Waals surface area contributed by atoms with Crippen molar-refractivity contribution in [3.05, 3.63) is 35.4 Å². The molecule has 0 saturated heterocycles. The van der Waals surface area contributed by atoms with Gasteiger partial charge in [0.25, 0.3) is 0 Å². The topological polar surface area (TPSA) is 47.3 Å². The third-order valence-electron chi connectivity index (χ3n) is 2.37. The van der Waals surface area contributed by atoms with E-state index in [9.17, 15) is 0 Å². The first-order chi connectivity index (χ1) is 8.27. The highest BCUT2D eigenvalue weighted by molar-refractivity contribution is 5.41. The van der Waals surface area contributed by atoms with Crippen molar-refractivity contribution in [1.29, 1.82) is 5.26 Å². The summed E-state index contributed by atoms with van der Waals surface area (Å²) in [5.74, 6) is 5.59. The molecule has 1 aromatic carbocycles. The minimum Gasteiger partial charge on any atom is -0.384 e. The molecule has 0 unspecified atom stereocenters. The highest BCUT2D eigenvalue weighted by Crippen LogP contribution is 2.09. The van der Waals surface area contributed by atoms with Gasteiger partial charge in [-0.25, -0.2) is 0 Å². The van der Waals surface area contributed by atoms with Crippen LogP contribution in [0.5, 0.6) is 0 Å². The van der Waals surface area contributed by atoms with Crippen molar-refractivity contribution in [2.24, 2.45) is 0 Å². The van der Waals surface area contributed by atoms with Gasteiger partial charge in [0.2, 0.25) is 0 Å². The average molecular weight is 228 g/mol. The monoisotopic (exact) mass is 228 g/mol. The molecule has 1 rings (SSSR count). The summed E-state index contributed by atoms with van der Waals surface area (Å²) < 4.78 is 0. The summed E-state index contributed by atoms with van der Waals surface area (Å²) in [4.78, 5) is 2.09. The van der Waals surface area contributed by atoms with Crippen molar-refractivity contribution in [1.82, 2.24) is 4.90 Å². The van der Waals surface area contributed by atoms with Crippen molar-refractivity contribution in [3.8, 4) is 17.9 Å². The van der Waals surface area contributed by atoms with Crippen LogP contribution in [0.3, 0.4) is 0 Å². The normalized spacial score (nSPS) is 9.53. The second-order valence-electron chi connectivity index (χ2n) is 3.76. The van der Waals surface area contributed by atoms with Crippen molar-refractivity contribution in [2.45, 2.75) is 13.0 Å². The fraction of sp³-hybridized carbons (Fsp3) is 0.357. The molecule has 0 fully saturated rings. The minimum absolute atomic E-state index is 0.126. The van der Waals surface area contributed by atoms with E-state index in [2.05, 4.69) is 22.8 Å². The number of benzene rings is 1. The van der Waals surface area contributed by atoms with E-state index in [0.717, 1.165) is 24.2 Å². The zero-order chi connectivity index (χ0) is 12.5. The molecule has 0 aliphatic rings. The number of rotatable bonds is 4. The smallest absolute Gasteiger partial charge is 0.104 e. The van der Waals surface area contributed by atoms with Gasteiger partial charge in [0, 0.05) is 25.1 Å². The second-order valence-corrected chi connectivity index (χ2v) is 3.76. The molecule has 0 bridgehead atoms. The molecule has 88 valence electrons. The number of aliphatic hydroxyl groups excluding tert-OH is 1. The standard InChI is InChI=1S/C14H16N2O/c1-16(10-5-9-15)12-14-7-3-2-6-13(14)8-4-11-17/h2-3,6-7,17H,5,10-12H2,1H3. The average Bonchev–Trinajstić information content (AvgIpc) is 2.35. The van der Waals surface area contributed by atoms with Crippen molar-refractivity contribution in [2.75, 3.05) is 20.2 Å². The molecule has 0 spiro atoms. The maximum Gasteiger partial charge on any atom is 0.104 e. The molecule has 0 aliphatic heterocycles. The molecular formula is C14H16N2O. The number of nitriles is 1. The van der Waals surface area contributed by atoms with Gasteiger partial charge in [-0.2, -0.15) is 5.26 Å². The van der Waals surface area contributed by atoms with E-state index in [1.165, 1.54) is 0 Å². The molecule has 0 heterocycles. The Bertz CT molecular complexity index is 451. The zero-order valence-electron chi connectivity index (χ0n) is 9.98. The molecule has 1 N–H and O–H groups in total. The first kappa shape index (κ1) is 13.3. The van der Waals surface area contributed by atoms with Gasteiger partial charge in [-0.05, 0) is 18.7 Å². The summed E-state index contributed by atoms with van der Waals surface area (Å²) in [7, 11) is 1.98. The third-order valence-corrected chi connectivity index (χ3v) is 2.37. The van der Waals surface area contributed by atoms with Crippen molar-refractivity contribution in [3.63, 3.8) is 0 Å². The molecule has 0 atom stereocenters. The Balaban J connectivity index is 2.73. The van der Waals surface area contributed by atoms with Gasteiger partial charge in [-0.15, -0.1) is 0 Å². The summed E-state index contributed by atoms with van der Waals surface area (Å²) in [5.41, 5.74) is 2.05. The van der Waals surface area contributed by atoms with Crippen LogP contribution in [0.2, 0.25) is 0 Å². The largest absolute Gasteiger partial charge is 0.384 e. The number of aliphatic hydroxyl groups is 1. The summed E-state index contributed by atoms with van der Waals surface area (Å²) in [6.07, 6.45) is 0.529. The summed E-state index contributed by atoms with van der Waals surface area (Å²) in [6, 6.07) is 9.99. The van der Waals surface area contributed by atoms with Crippen LogP contribution in [-0.4, -0.2) is 30.2 Å². The van der Waals surface area contributed by atoms with Crippen LogP contribution < -0.4 is 0 Å². The van der Waals surface area contributed by atoms with Crippen LogP contribution in [0, 0.1) is 23.2 Å². The summed E-state index contributed by atoms with van der Waals surface area (Å²) >= 11 is 0. The van der Waals surface area contributed by atoms with Crippen molar-refractivity contribution >= 4 is 0 Å². The molecule has 0 radical (unpaired) electrons. The Morgan fingerprint density at radius 2 is 2.12 bits per heavy atom. The van der Waals surface area contributed by atoms with E-state index in [-0.39, 0.29) is 6.61 Å². The van der Waals surface area contributed by atoms with E-state index in [0.29, 0.717) is 6.42 Å². The summed E-state index contributed by atoms with van der Waals surface area (Å²) in [5, 5.41) is 17.2. The molecule has 0 amide bonds. The minimum atomic E-state index is -0.126. The molecule has 0 aromatic heterocycles. The predicted molar refractivity (Wildman–Crippen MR) is 67.0 cm³/mol. The van der Waals surface area contributed by atoms with Crippen LogP contribution in [0.25, 0.3) is 0 Å². The van der Waals surface area contributed by atoms with Gasteiger partial charge < -0.3 is 10.0 Å². The lowest BCUT2D eigenvalue weighted by atomic mass is 10.1. The fourth-order valence-electron chi connectivity index (χ4n) is 1.53. The fourth-order valence-corrected chi connectivity index (χ4v) is 1.53. The Morgan fingerprint density at radius 1 is 1.35 bits per heavy atom. The molecule has 3 nitrogen and oxygen atoms in total. The number of hydrogen-bond acceptors (Lipinski definition) is 3. The quantitative estimate of drug-likeness (QED) is 0.792. The Kier molecular flexibility index (Phi) is 5.82. The van der Waals surface area contributed by atoms with Crippen LogP contribution in [0.1, 0.15) is 17.5 Å². The lowest BCUT2D eigenvalue weighted by Gasteiger charge is -2.15. The number of nitrogens with zero attached hydrogens (tertiary/aromatic N) is 2. The molecule has 0 aliphatic carbocycles. The Morgan fingerprint density at radius 3 is 2.82 bits per heavy atom. The first-order valence-corrected chi connectivity index (χ1v) is 5.51. The molecule has 17 heavy (non-hydrogen) atoms. The third kappa shape index (κ3) is 4.70. The lowest BCUT2D eigenvalue weighted by Crippen LogP contribution is -2.19. The highest BCUT2D eigenvalue weighted by Gasteiger charge is 2.03. The number of hydrogen-bond donors (Lipinski definition) is 1. The van der Waals surface area contributed by atoms with E-state index >= 15 is 0 Å². The summed E-state index contributed by atoms with van der Waals surface area (Å²) in [6.45, 7) is 1.38. The van der Waals surface area contributed by atoms with Gasteiger partial charge in [0.05, 0.1) is 6.07 Å². The van der Waals surface area contributed by atoms with Crippen LogP contribution in [-0.2, 0) is 6.54 Å². The van der Waals surface area contributed by atoms with Crippen LogP contribution >= 0.6 is 0 Å². The maximum absolute atomic E-state index is 8.70. The van der Waals surface area contributed by atoms with Gasteiger partial charge >= 0.3 is 0 Å². The maximum atomic E-state index is 8.70.